The van der Waals surface area contributed by atoms with Crippen LogP contribution in [0.4, 0.5) is 0 Å². The molecule has 4 rings (SSSR count). The van der Waals surface area contributed by atoms with Crippen LogP contribution in [0, 0.1) is 6.92 Å². The van der Waals surface area contributed by atoms with E-state index in [1.807, 2.05) is 19.1 Å². The minimum atomic E-state index is -0.598. The van der Waals surface area contributed by atoms with E-state index >= 15 is 0 Å². The van der Waals surface area contributed by atoms with Crippen LogP contribution in [0.5, 0.6) is 0 Å². The van der Waals surface area contributed by atoms with Crippen molar-refractivity contribution in [1.82, 2.24) is 20.2 Å². The molecule has 0 saturated carbocycles. The molecular formula is C18H16N4O3. The summed E-state index contributed by atoms with van der Waals surface area (Å²) >= 11 is 0. The van der Waals surface area contributed by atoms with Crippen LogP contribution in [0.15, 0.2) is 30.6 Å². The van der Waals surface area contributed by atoms with Crippen LogP contribution in [-0.2, 0) is 16.1 Å². The molecule has 7 heteroatoms. The van der Waals surface area contributed by atoms with E-state index in [0.717, 1.165) is 22.5 Å². The maximum atomic E-state index is 12.7. The predicted octanol–water partition coefficient (Wildman–Crippen LogP) is 1.21. The van der Waals surface area contributed by atoms with E-state index in [-0.39, 0.29) is 18.2 Å². The zero-order valence-corrected chi connectivity index (χ0v) is 13.7. The maximum absolute atomic E-state index is 12.7. The van der Waals surface area contributed by atoms with Crippen molar-refractivity contribution in [3.63, 3.8) is 0 Å². The van der Waals surface area contributed by atoms with Crippen molar-refractivity contribution >= 4 is 17.7 Å². The number of hydrogen-bond donors (Lipinski definition) is 1. The van der Waals surface area contributed by atoms with Gasteiger partial charge in [0.2, 0.25) is 11.8 Å². The van der Waals surface area contributed by atoms with Gasteiger partial charge < -0.3 is 4.90 Å². The van der Waals surface area contributed by atoms with Gasteiger partial charge in [0.15, 0.2) is 0 Å². The molecule has 1 fully saturated rings. The zero-order valence-electron chi connectivity index (χ0n) is 13.7. The van der Waals surface area contributed by atoms with Crippen molar-refractivity contribution in [2.75, 3.05) is 0 Å². The van der Waals surface area contributed by atoms with Gasteiger partial charge in [-0.3, -0.25) is 29.7 Å². The van der Waals surface area contributed by atoms with Crippen molar-refractivity contribution in [1.29, 1.82) is 0 Å². The van der Waals surface area contributed by atoms with Crippen molar-refractivity contribution in [3.05, 3.63) is 47.4 Å². The monoisotopic (exact) mass is 336 g/mol. The molecule has 1 aromatic heterocycles. The van der Waals surface area contributed by atoms with Crippen LogP contribution in [-0.4, -0.2) is 38.6 Å². The molecule has 0 bridgehead atoms. The predicted molar refractivity (Wildman–Crippen MR) is 88.3 cm³/mol. The smallest absolute Gasteiger partial charge is 0.255 e. The molecular weight excluding hydrogens is 320 g/mol. The lowest BCUT2D eigenvalue weighted by Crippen LogP contribution is -2.52. The Balaban J connectivity index is 1.65. The minimum absolute atomic E-state index is 0.174. The van der Waals surface area contributed by atoms with Gasteiger partial charge in [-0.1, -0.05) is 6.07 Å². The molecule has 25 heavy (non-hydrogen) atoms. The summed E-state index contributed by atoms with van der Waals surface area (Å²) in [7, 11) is 0. The number of amides is 3. The van der Waals surface area contributed by atoms with Crippen molar-refractivity contribution in [3.8, 4) is 11.3 Å². The van der Waals surface area contributed by atoms with Gasteiger partial charge in [0.05, 0.1) is 11.4 Å². The Morgan fingerprint density at radius 2 is 1.96 bits per heavy atom. The molecule has 0 aliphatic carbocycles. The van der Waals surface area contributed by atoms with Gasteiger partial charge in [-0.05, 0) is 31.0 Å². The summed E-state index contributed by atoms with van der Waals surface area (Å²) in [5.74, 6) is -0.861. The molecule has 7 nitrogen and oxygen atoms in total. The first kappa shape index (κ1) is 15.4. The highest BCUT2D eigenvalue weighted by Crippen LogP contribution is 2.31. The summed E-state index contributed by atoms with van der Waals surface area (Å²) in [6.07, 6.45) is 3.89. The number of nitrogens with zero attached hydrogens (tertiary/aromatic N) is 3. The number of benzene rings is 1. The van der Waals surface area contributed by atoms with Gasteiger partial charge in [0.1, 0.15) is 6.04 Å². The topological polar surface area (TPSA) is 92.3 Å². The van der Waals surface area contributed by atoms with E-state index < -0.39 is 11.9 Å². The third-order valence-corrected chi connectivity index (χ3v) is 4.68. The fourth-order valence-electron chi connectivity index (χ4n) is 3.41. The average molecular weight is 336 g/mol. The lowest BCUT2D eigenvalue weighted by molar-refractivity contribution is -0.136. The van der Waals surface area contributed by atoms with Gasteiger partial charge in [-0.15, -0.1) is 0 Å². The first-order chi connectivity index (χ1) is 12.0. The van der Waals surface area contributed by atoms with Gasteiger partial charge in [-0.2, -0.15) is 0 Å². The molecule has 2 aromatic rings. The molecule has 1 saturated heterocycles. The molecule has 1 aromatic carbocycles. The number of hydrogen-bond acceptors (Lipinski definition) is 5. The van der Waals surface area contributed by atoms with Crippen LogP contribution in [0.1, 0.15) is 34.5 Å². The summed E-state index contributed by atoms with van der Waals surface area (Å²) < 4.78 is 0. The molecule has 126 valence electrons. The van der Waals surface area contributed by atoms with Crippen molar-refractivity contribution in [2.45, 2.75) is 32.4 Å². The maximum Gasteiger partial charge on any atom is 0.255 e. The minimum Gasteiger partial charge on any atom is -0.322 e. The summed E-state index contributed by atoms with van der Waals surface area (Å²) in [6, 6.07) is 4.95. The van der Waals surface area contributed by atoms with E-state index in [9.17, 15) is 14.4 Å². The number of rotatable bonds is 2. The normalized spacial score (nSPS) is 19.8. The van der Waals surface area contributed by atoms with E-state index in [2.05, 4.69) is 15.3 Å². The Labute approximate surface area is 144 Å². The largest absolute Gasteiger partial charge is 0.322 e. The fraction of sp³-hybridized carbons (Fsp3) is 0.278. The van der Waals surface area contributed by atoms with Gasteiger partial charge in [-0.25, -0.2) is 0 Å². The number of imide groups is 1. The van der Waals surface area contributed by atoms with Gasteiger partial charge >= 0.3 is 0 Å². The lowest BCUT2D eigenvalue weighted by Gasteiger charge is -2.29. The Kier molecular flexibility index (Phi) is 3.56. The molecule has 0 radical (unpaired) electrons. The average Bonchev–Trinajstić information content (AvgIpc) is 2.91. The third kappa shape index (κ3) is 2.57. The quantitative estimate of drug-likeness (QED) is 0.832. The first-order valence-electron chi connectivity index (χ1n) is 8.10. The Morgan fingerprint density at radius 3 is 2.72 bits per heavy atom. The van der Waals surface area contributed by atoms with Gasteiger partial charge in [0.25, 0.3) is 5.91 Å². The highest BCUT2D eigenvalue weighted by atomic mass is 16.2. The van der Waals surface area contributed by atoms with E-state index in [1.165, 1.54) is 0 Å². The first-order valence-corrected chi connectivity index (χ1v) is 8.10. The zero-order chi connectivity index (χ0) is 17.6. The number of nitrogens with one attached hydrogen (secondary N) is 1. The lowest BCUT2D eigenvalue weighted by atomic mass is 10.0. The number of carbonyl (C=O) groups excluding carboxylic acids is 3. The summed E-state index contributed by atoms with van der Waals surface area (Å²) in [5, 5.41) is 2.31. The Bertz CT molecular complexity index is 909. The Hall–Kier alpha value is -3.09. The third-order valence-electron chi connectivity index (χ3n) is 4.68. The van der Waals surface area contributed by atoms with Crippen LogP contribution in [0.2, 0.25) is 0 Å². The second kappa shape index (κ2) is 5.77. The van der Waals surface area contributed by atoms with E-state index in [1.54, 1.807) is 23.4 Å². The molecule has 2 aliphatic rings. The summed E-state index contributed by atoms with van der Waals surface area (Å²) in [4.78, 5) is 46.2. The number of aryl methyl sites for hydroxylation is 1. The van der Waals surface area contributed by atoms with Gasteiger partial charge in [0, 0.05) is 36.5 Å². The van der Waals surface area contributed by atoms with E-state index in [0.29, 0.717) is 18.5 Å². The number of aromatic nitrogens is 2. The fourth-order valence-corrected chi connectivity index (χ4v) is 3.41. The molecule has 1 unspecified atom stereocenters. The number of carbonyl (C=O) groups is 3. The second-order valence-electron chi connectivity index (χ2n) is 6.26. The second-order valence-corrected chi connectivity index (χ2v) is 6.26. The van der Waals surface area contributed by atoms with Crippen molar-refractivity contribution < 1.29 is 14.4 Å². The van der Waals surface area contributed by atoms with Crippen LogP contribution >= 0.6 is 0 Å². The molecule has 3 amide bonds. The number of fused-ring (bicyclic) bond motifs is 1. The van der Waals surface area contributed by atoms with E-state index in [4.69, 9.17) is 0 Å². The highest BCUT2D eigenvalue weighted by molar-refractivity contribution is 6.05. The molecule has 0 spiro atoms. The van der Waals surface area contributed by atoms with Crippen LogP contribution in [0.25, 0.3) is 11.3 Å². The molecule has 1 atom stereocenters. The molecule has 3 heterocycles. The summed E-state index contributed by atoms with van der Waals surface area (Å²) in [5.41, 5.74) is 3.93. The summed E-state index contributed by atoms with van der Waals surface area (Å²) in [6.45, 7) is 2.24. The number of piperidine rings is 1. The van der Waals surface area contributed by atoms with Crippen molar-refractivity contribution in [2.24, 2.45) is 0 Å². The molecule has 1 N–H and O–H groups in total. The standard InChI is InChI=1S/C18H16N4O3/c1-10-16(20-7-6-19-10)11-2-3-13-12(8-11)9-22(18(13)25)14-4-5-15(23)21-17(14)24/h2-3,6-8,14H,4-5,9H2,1H3,(H,21,23,24). The van der Waals surface area contributed by atoms with Crippen LogP contribution in [0.3, 0.4) is 0 Å². The Morgan fingerprint density at radius 1 is 1.16 bits per heavy atom. The molecule has 2 aliphatic heterocycles. The SMILES string of the molecule is Cc1nccnc1-c1ccc2c(c1)CN(C1CCC(=O)NC1=O)C2=O. The van der Waals surface area contributed by atoms with Crippen LogP contribution < -0.4 is 5.32 Å². The highest BCUT2D eigenvalue weighted by Gasteiger charge is 2.39.